The van der Waals surface area contributed by atoms with Gasteiger partial charge in [0, 0.05) is 23.6 Å². The number of benzene rings is 1. The van der Waals surface area contributed by atoms with Gasteiger partial charge in [-0.1, -0.05) is 16.8 Å². The highest BCUT2D eigenvalue weighted by Crippen LogP contribution is 2.23. The molecule has 0 saturated carbocycles. The second-order valence-corrected chi connectivity index (χ2v) is 4.65. The molecule has 0 fully saturated rings. The van der Waals surface area contributed by atoms with E-state index in [-0.39, 0.29) is 12.2 Å². The van der Waals surface area contributed by atoms with Gasteiger partial charge in [-0.05, 0) is 18.2 Å². The second kappa shape index (κ2) is 6.49. The topological polar surface area (TPSA) is 83.0 Å². The van der Waals surface area contributed by atoms with E-state index >= 15 is 0 Å². The van der Waals surface area contributed by atoms with Crippen molar-refractivity contribution >= 4 is 17.4 Å². The Balaban J connectivity index is 2.16. The van der Waals surface area contributed by atoms with Crippen LogP contribution in [0.2, 0.25) is 5.02 Å². The lowest BCUT2D eigenvalue weighted by atomic mass is 10.1. The van der Waals surface area contributed by atoms with Crippen LogP contribution in [0.5, 0.6) is 5.75 Å². The van der Waals surface area contributed by atoms with Crippen LogP contribution in [0.4, 0.5) is 0 Å². The molecule has 2 N–H and O–H groups in total. The number of carbonyl (C=O) groups is 1. The molecular weight excluding hydrogens is 280 g/mol. The van der Waals surface area contributed by atoms with Crippen LogP contribution in [-0.4, -0.2) is 34.4 Å². The summed E-state index contributed by atoms with van der Waals surface area (Å²) in [4.78, 5) is 12.2. The SMILES string of the molecule is COc1ccc(Cl)cc1CC(=O)c1cn(CCN)nn1. The number of halogens is 1. The van der Waals surface area contributed by atoms with Crippen molar-refractivity contribution in [1.82, 2.24) is 15.0 Å². The first-order valence-corrected chi connectivity index (χ1v) is 6.47. The molecule has 0 spiro atoms. The first-order chi connectivity index (χ1) is 9.63. The number of Topliss-reactive ketones (excluding diaryl/α,β-unsaturated/α-hetero) is 1. The average Bonchev–Trinajstić information content (AvgIpc) is 2.88. The van der Waals surface area contributed by atoms with Gasteiger partial charge >= 0.3 is 0 Å². The smallest absolute Gasteiger partial charge is 0.189 e. The summed E-state index contributed by atoms with van der Waals surface area (Å²) in [6, 6.07) is 5.16. The third kappa shape index (κ3) is 3.34. The maximum absolute atomic E-state index is 12.2. The molecular formula is C13H15ClN4O2. The van der Waals surface area contributed by atoms with E-state index in [2.05, 4.69) is 10.3 Å². The number of aromatic nitrogens is 3. The number of hydrogen-bond donors (Lipinski definition) is 1. The van der Waals surface area contributed by atoms with E-state index in [1.54, 1.807) is 36.2 Å². The monoisotopic (exact) mass is 294 g/mol. The molecule has 0 amide bonds. The van der Waals surface area contributed by atoms with Gasteiger partial charge in [0.05, 0.1) is 19.9 Å². The fourth-order valence-corrected chi connectivity index (χ4v) is 2.01. The Morgan fingerprint density at radius 1 is 1.50 bits per heavy atom. The van der Waals surface area contributed by atoms with Gasteiger partial charge in [-0.3, -0.25) is 9.48 Å². The van der Waals surface area contributed by atoms with Crippen molar-refractivity contribution in [3.8, 4) is 5.75 Å². The van der Waals surface area contributed by atoms with Crippen molar-refractivity contribution in [2.75, 3.05) is 13.7 Å². The third-order valence-corrected chi connectivity index (χ3v) is 3.01. The molecule has 20 heavy (non-hydrogen) atoms. The van der Waals surface area contributed by atoms with Gasteiger partial charge in [0.1, 0.15) is 11.4 Å². The molecule has 0 radical (unpaired) electrons. The number of methoxy groups -OCH3 is 1. The van der Waals surface area contributed by atoms with Gasteiger partial charge in [-0.25, -0.2) is 0 Å². The van der Waals surface area contributed by atoms with Crippen molar-refractivity contribution in [2.45, 2.75) is 13.0 Å². The maximum Gasteiger partial charge on any atom is 0.189 e. The zero-order valence-electron chi connectivity index (χ0n) is 11.0. The van der Waals surface area contributed by atoms with Gasteiger partial charge in [0.25, 0.3) is 0 Å². The highest BCUT2D eigenvalue weighted by Gasteiger charge is 2.14. The minimum absolute atomic E-state index is 0.145. The number of carbonyl (C=O) groups excluding carboxylic acids is 1. The lowest BCUT2D eigenvalue weighted by molar-refractivity contribution is 0.0987. The lowest BCUT2D eigenvalue weighted by Crippen LogP contribution is -2.10. The van der Waals surface area contributed by atoms with Gasteiger partial charge in [0.2, 0.25) is 0 Å². The molecule has 0 aliphatic heterocycles. The highest BCUT2D eigenvalue weighted by atomic mass is 35.5. The van der Waals surface area contributed by atoms with E-state index < -0.39 is 0 Å². The van der Waals surface area contributed by atoms with Crippen molar-refractivity contribution < 1.29 is 9.53 Å². The van der Waals surface area contributed by atoms with Crippen LogP contribution in [0.3, 0.4) is 0 Å². The zero-order chi connectivity index (χ0) is 14.5. The average molecular weight is 295 g/mol. The number of ketones is 1. The standard InChI is InChI=1S/C13H15ClN4O2/c1-20-13-3-2-10(14)6-9(13)7-12(19)11-8-18(5-4-15)17-16-11/h2-3,6,8H,4-5,7,15H2,1H3. The molecule has 0 unspecified atom stereocenters. The van der Waals surface area contributed by atoms with Crippen molar-refractivity contribution in [3.63, 3.8) is 0 Å². The van der Waals surface area contributed by atoms with E-state index in [0.717, 1.165) is 5.56 Å². The predicted octanol–water partition coefficient (Wildman–Crippen LogP) is 1.32. The van der Waals surface area contributed by atoms with E-state index in [9.17, 15) is 4.79 Å². The minimum atomic E-state index is -0.145. The first-order valence-electron chi connectivity index (χ1n) is 6.10. The van der Waals surface area contributed by atoms with E-state index in [4.69, 9.17) is 22.1 Å². The fraction of sp³-hybridized carbons (Fsp3) is 0.308. The Morgan fingerprint density at radius 2 is 2.30 bits per heavy atom. The minimum Gasteiger partial charge on any atom is -0.496 e. The number of nitrogens with zero attached hydrogens (tertiary/aromatic N) is 3. The molecule has 2 rings (SSSR count). The van der Waals surface area contributed by atoms with Crippen LogP contribution in [0.1, 0.15) is 16.1 Å². The summed E-state index contributed by atoms with van der Waals surface area (Å²) in [7, 11) is 1.55. The van der Waals surface area contributed by atoms with E-state index in [0.29, 0.717) is 29.6 Å². The number of ether oxygens (including phenoxy) is 1. The summed E-state index contributed by atoms with van der Waals surface area (Å²) in [5.74, 6) is 0.478. The summed E-state index contributed by atoms with van der Waals surface area (Å²) in [6.07, 6.45) is 1.75. The van der Waals surface area contributed by atoms with Gasteiger partial charge in [-0.15, -0.1) is 5.10 Å². The normalized spacial score (nSPS) is 10.6. The Bertz CT molecular complexity index is 612. The molecule has 1 heterocycles. The number of rotatable bonds is 6. The Labute approximate surface area is 121 Å². The Morgan fingerprint density at radius 3 is 3.00 bits per heavy atom. The van der Waals surface area contributed by atoms with Crippen LogP contribution >= 0.6 is 11.6 Å². The molecule has 6 nitrogen and oxygen atoms in total. The van der Waals surface area contributed by atoms with Gasteiger partial charge in [-0.2, -0.15) is 0 Å². The van der Waals surface area contributed by atoms with E-state index in [1.165, 1.54) is 0 Å². The molecule has 106 valence electrons. The largest absolute Gasteiger partial charge is 0.496 e. The van der Waals surface area contributed by atoms with Crippen LogP contribution in [-0.2, 0) is 13.0 Å². The molecule has 0 aliphatic carbocycles. The van der Waals surface area contributed by atoms with Crippen molar-refractivity contribution in [2.24, 2.45) is 5.73 Å². The number of nitrogens with two attached hydrogens (primary N) is 1. The summed E-state index contributed by atoms with van der Waals surface area (Å²) in [5, 5.41) is 8.24. The fourth-order valence-electron chi connectivity index (χ4n) is 1.82. The molecule has 0 bridgehead atoms. The second-order valence-electron chi connectivity index (χ2n) is 4.21. The summed E-state index contributed by atoms with van der Waals surface area (Å²) in [5.41, 5.74) is 6.45. The maximum atomic E-state index is 12.2. The van der Waals surface area contributed by atoms with Gasteiger partial charge in [0.15, 0.2) is 5.78 Å². The van der Waals surface area contributed by atoms with Crippen LogP contribution in [0.25, 0.3) is 0 Å². The Kier molecular flexibility index (Phi) is 4.70. The first kappa shape index (κ1) is 14.5. The zero-order valence-corrected chi connectivity index (χ0v) is 11.8. The lowest BCUT2D eigenvalue weighted by Gasteiger charge is -2.07. The highest BCUT2D eigenvalue weighted by molar-refractivity contribution is 6.30. The van der Waals surface area contributed by atoms with Crippen molar-refractivity contribution in [3.05, 3.63) is 40.7 Å². The van der Waals surface area contributed by atoms with Crippen LogP contribution in [0.15, 0.2) is 24.4 Å². The summed E-state index contributed by atoms with van der Waals surface area (Å²) < 4.78 is 6.76. The molecule has 0 aliphatic rings. The summed E-state index contributed by atoms with van der Waals surface area (Å²) >= 11 is 5.94. The van der Waals surface area contributed by atoms with Crippen LogP contribution < -0.4 is 10.5 Å². The summed E-state index contributed by atoms with van der Waals surface area (Å²) in [6.45, 7) is 0.972. The third-order valence-electron chi connectivity index (χ3n) is 2.78. The molecule has 7 heteroatoms. The Hall–Kier alpha value is -1.92. The van der Waals surface area contributed by atoms with Gasteiger partial charge < -0.3 is 10.5 Å². The van der Waals surface area contributed by atoms with Crippen molar-refractivity contribution in [1.29, 1.82) is 0 Å². The molecule has 1 aromatic carbocycles. The van der Waals surface area contributed by atoms with E-state index in [1.807, 2.05) is 0 Å². The number of hydrogen-bond acceptors (Lipinski definition) is 5. The molecule has 0 saturated heterocycles. The van der Waals surface area contributed by atoms with Crippen LogP contribution in [0, 0.1) is 0 Å². The quantitative estimate of drug-likeness (QED) is 0.813. The molecule has 1 aromatic heterocycles. The molecule has 2 aromatic rings. The predicted molar refractivity (Wildman–Crippen MR) is 75.1 cm³/mol. The molecule has 0 atom stereocenters.